The molecule has 0 rings (SSSR count). The Bertz CT molecular complexity index is 1140. The summed E-state index contributed by atoms with van der Waals surface area (Å²) in [5.74, 6) is -0.521. The Morgan fingerprint density at radius 1 is 0.469 bits per heavy atom. The minimum Gasteiger partial charge on any atom is -0.462 e. The molecule has 3 unspecified atom stereocenters. The number of allylic oxidation sites excluding steroid dienone is 10. The Hall–Kier alpha value is -2.44. The number of rotatable bonds is 49. The van der Waals surface area contributed by atoms with E-state index in [0.717, 1.165) is 103 Å². The van der Waals surface area contributed by atoms with Crippen molar-refractivity contribution in [2.24, 2.45) is 0 Å². The van der Waals surface area contributed by atoms with Gasteiger partial charge in [0.1, 0.15) is 6.10 Å². The van der Waals surface area contributed by atoms with E-state index in [0.29, 0.717) is 19.3 Å². The minimum atomic E-state index is -0.799. The molecule has 0 bridgehead atoms. The van der Waals surface area contributed by atoms with E-state index < -0.39 is 18.2 Å². The van der Waals surface area contributed by atoms with Gasteiger partial charge in [-0.3, -0.25) is 9.59 Å². The van der Waals surface area contributed by atoms with E-state index in [4.69, 9.17) is 4.74 Å². The summed E-state index contributed by atoms with van der Waals surface area (Å²) in [6.07, 6.45) is 64.2. The monoisotopic (exact) mass is 896 g/mol. The van der Waals surface area contributed by atoms with Crippen LogP contribution < -0.4 is 5.32 Å². The van der Waals surface area contributed by atoms with Crippen LogP contribution in [0.2, 0.25) is 0 Å². The Balaban J connectivity index is 4.62. The van der Waals surface area contributed by atoms with Crippen LogP contribution in [0.15, 0.2) is 60.8 Å². The van der Waals surface area contributed by atoms with Crippen LogP contribution in [0.4, 0.5) is 0 Å². The van der Waals surface area contributed by atoms with Crippen LogP contribution >= 0.6 is 0 Å². The number of unbranched alkanes of at least 4 members (excludes halogenated alkanes) is 27. The van der Waals surface area contributed by atoms with Crippen LogP contribution in [0.3, 0.4) is 0 Å². The van der Waals surface area contributed by atoms with Crippen molar-refractivity contribution in [3.63, 3.8) is 0 Å². The van der Waals surface area contributed by atoms with E-state index in [1.165, 1.54) is 122 Å². The second-order valence-corrected chi connectivity index (χ2v) is 18.6. The number of aliphatic hydroxyl groups excluding tert-OH is 2. The number of carbonyl (C=O) groups excluding carboxylic acids is 2. The molecule has 0 aliphatic heterocycles. The third-order valence-corrected chi connectivity index (χ3v) is 12.3. The summed E-state index contributed by atoms with van der Waals surface area (Å²) < 4.78 is 5.93. The van der Waals surface area contributed by atoms with Crippen LogP contribution in [0.25, 0.3) is 0 Å². The van der Waals surface area contributed by atoms with Gasteiger partial charge < -0.3 is 20.3 Å². The van der Waals surface area contributed by atoms with Crippen LogP contribution in [-0.2, 0) is 14.3 Å². The molecule has 0 aromatic carbocycles. The van der Waals surface area contributed by atoms with Crippen molar-refractivity contribution in [2.45, 2.75) is 289 Å². The van der Waals surface area contributed by atoms with Crippen molar-refractivity contribution in [1.29, 1.82) is 0 Å². The number of aliphatic hydroxyl groups is 2. The Morgan fingerprint density at radius 2 is 0.844 bits per heavy atom. The van der Waals surface area contributed by atoms with Gasteiger partial charge in [0.25, 0.3) is 0 Å². The highest BCUT2D eigenvalue weighted by atomic mass is 16.5. The molecule has 3 atom stereocenters. The molecule has 0 saturated carbocycles. The predicted molar refractivity (Wildman–Crippen MR) is 278 cm³/mol. The Labute approximate surface area is 397 Å². The molecule has 0 radical (unpaired) electrons. The van der Waals surface area contributed by atoms with Gasteiger partial charge in [0.15, 0.2) is 0 Å². The van der Waals surface area contributed by atoms with Gasteiger partial charge in [-0.25, -0.2) is 0 Å². The summed E-state index contributed by atoms with van der Waals surface area (Å²) >= 11 is 0. The van der Waals surface area contributed by atoms with Gasteiger partial charge in [0.05, 0.1) is 25.2 Å². The molecule has 0 fully saturated rings. The molecule has 6 heteroatoms. The lowest BCUT2D eigenvalue weighted by molar-refractivity contribution is -0.151. The zero-order chi connectivity index (χ0) is 46.7. The van der Waals surface area contributed by atoms with Gasteiger partial charge in [-0.1, -0.05) is 229 Å². The maximum Gasteiger partial charge on any atom is 0.306 e. The maximum atomic E-state index is 13.2. The molecular weight excluding hydrogens is 791 g/mol. The first-order valence-corrected chi connectivity index (χ1v) is 27.5. The van der Waals surface area contributed by atoms with Crippen LogP contribution in [-0.4, -0.2) is 46.9 Å². The number of hydrogen-bond donors (Lipinski definition) is 3. The van der Waals surface area contributed by atoms with Crippen LogP contribution in [0.1, 0.15) is 271 Å². The van der Waals surface area contributed by atoms with Crippen LogP contribution in [0.5, 0.6) is 0 Å². The molecule has 372 valence electrons. The zero-order valence-electron chi connectivity index (χ0n) is 42.4. The van der Waals surface area contributed by atoms with E-state index in [9.17, 15) is 19.8 Å². The molecule has 3 N–H and O–H groups in total. The molecule has 0 aromatic rings. The first-order valence-electron chi connectivity index (χ1n) is 27.5. The number of hydrogen-bond acceptors (Lipinski definition) is 5. The first kappa shape index (κ1) is 61.6. The molecule has 0 spiro atoms. The molecule has 6 nitrogen and oxygen atoms in total. The molecule has 0 aliphatic rings. The van der Waals surface area contributed by atoms with Crippen molar-refractivity contribution in [2.75, 3.05) is 6.61 Å². The Kier molecular flexibility index (Phi) is 49.6. The van der Waals surface area contributed by atoms with Crippen molar-refractivity contribution >= 4 is 11.9 Å². The summed E-state index contributed by atoms with van der Waals surface area (Å²) in [4.78, 5) is 26.2. The van der Waals surface area contributed by atoms with Crippen molar-refractivity contribution < 1.29 is 24.5 Å². The van der Waals surface area contributed by atoms with Crippen molar-refractivity contribution in [3.8, 4) is 0 Å². The molecule has 0 saturated heterocycles. The summed E-state index contributed by atoms with van der Waals surface area (Å²) in [5, 5.41) is 23.8. The van der Waals surface area contributed by atoms with E-state index in [1.54, 1.807) is 0 Å². The van der Waals surface area contributed by atoms with Gasteiger partial charge >= 0.3 is 5.97 Å². The fourth-order valence-electron chi connectivity index (χ4n) is 8.18. The molecule has 1 amide bonds. The number of ether oxygens (including phenoxy) is 1. The van der Waals surface area contributed by atoms with Crippen molar-refractivity contribution in [1.82, 2.24) is 5.32 Å². The molecular formula is C58H105NO5. The highest BCUT2D eigenvalue weighted by molar-refractivity contribution is 5.77. The van der Waals surface area contributed by atoms with Gasteiger partial charge in [0.2, 0.25) is 5.91 Å². The third kappa shape index (κ3) is 46.1. The summed E-state index contributed by atoms with van der Waals surface area (Å²) in [7, 11) is 0. The topological polar surface area (TPSA) is 95.9 Å². The number of carbonyl (C=O) groups is 2. The van der Waals surface area contributed by atoms with Gasteiger partial charge in [-0.05, 0) is 89.9 Å². The minimum absolute atomic E-state index is 0.0537. The third-order valence-electron chi connectivity index (χ3n) is 12.3. The van der Waals surface area contributed by atoms with E-state index in [1.807, 2.05) is 0 Å². The fraction of sp³-hybridized carbons (Fsp3) is 0.793. The molecule has 0 aromatic heterocycles. The molecule has 0 aliphatic carbocycles. The van der Waals surface area contributed by atoms with Gasteiger partial charge in [-0.15, -0.1) is 0 Å². The highest BCUT2D eigenvalue weighted by Crippen LogP contribution is 2.18. The zero-order valence-corrected chi connectivity index (χ0v) is 42.4. The number of nitrogens with one attached hydrogen (secondary N) is 1. The maximum absolute atomic E-state index is 13.2. The average Bonchev–Trinajstić information content (AvgIpc) is 3.29. The molecule has 64 heavy (non-hydrogen) atoms. The quantitative estimate of drug-likeness (QED) is 0.0321. The second kappa shape index (κ2) is 51.5. The Morgan fingerprint density at radius 3 is 1.31 bits per heavy atom. The standard InChI is InChI=1S/C58H105NO5/c1-4-7-10-13-16-19-22-25-28-30-33-36-39-42-45-48-51-58(63)64-54(49-46-43-40-37-34-31-27-24-21-18-15-12-9-6-3)52-57(62)59-55(53-60)56(61)50-47-44-41-38-35-32-29-26-23-20-17-14-11-8-5-2/h7,10,16,19,25,28,31,33-34,36,54-56,60-61H,4-6,8-9,11-15,17-18,20-24,26-27,29-30,32,35,37-53H2,1-3H3,(H,59,62)/b10-7+,19-16+,28-25+,34-31+,36-33+. The smallest absolute Gasteiger partial charge is 0.306 e. The van der Waals surface area contributed by atoms with Gasteiger partial charge in [-0.2, -0.15) is 0 Å². The lowest BCUT2D eigenvalue weighted by Crippen LogP contribution is -2.46. The highest BCUT2D eigenvalue weighted by Gasteiger charge is 2.24. The van der Waals surface area contributed by atoms with E-state index >= 15 is 0 Å². The normalized spacial score (nSPS) is 13.6. The predicted octanol–water partition coefficient (Wildman–Crippen LogP) is 16.8. The number of esters is 1. The SMILES string of the molecule is CC/C=C/C/C=C/C/C=C/C/C=C/CCCCCC(=O)OC(CCCCC/C=C/CCCCCCCCC)CC(=O)NC(CO)C(O)CCCCCCCCCCCCCCCCC. The second-order valence-electron chi connectivity index (χ2n) is 18.6. The van der Waals surface area contributed by atoms with Crippen molar-refractivity contribution in [3.05, 3.63) is 60.8 Å². The largest absolute Gasteiger partial charge is 0.462 e. The summed E-state index contributed by atoms with van der Waals surface area (Å²) in [6.45, 7) is 6.37. The molecule has 0 heterocycles. The number of amides is 1. The lowest BCUT2D eigenvalue weighted by atomic mass is 10.0. The van der Waals surface area contributed by atoms with E-state index in [-0.39, 0.29) is 24.9 Å². The fourth-order valence-corrected chi connectivity index (χ4v) is 8.18. The summed E-state index contributed by atoms with van der Waals surface area (Å²) in [5.41, 5.74) is 0. The average molecular weight is 896 g/mol. The van der Waals surface area contributed by atoms with Crippen LogP contribution in [0, 0.1) is 0 Å². The lowest BCUT2D eigenvalue weighted by Gasteiger charge is -2.24. The first-order chi connectivity index (χ1) is 31.5. The summed E-state index contributed by atoms with van der Waals surface area (Å²) in [6, 6.07) is -0.714. The van der Waals surface area contributed by atoms with Gasteiger partial charge in [0, 0.05) is 6.42 Å². The van der Waals surface area contributed by atoms with E-state index in [2.05, 4.69) is 86.8 Å².